The summed E-state index contributed by atoms with van der Waals surface area (Å²) in [5.41, 5.74) is 0. The van der Waals surface area contributed by atoms with Gasteiger partial charge in [-0.05, 0) is 18.8 Å². The van der Waals surface area contributed by atoms with Crippen LogP contribution in [0, 0.1) is 5.92 Å². The van der Waals surface area contributed by atoms with E-state index in [1.807, 2.05) is 0 Å². The van der Waals surface area contributed by atoms with Crippen LogP contribution >= 0.6 is 0 Å². The number of rotatable bonds is 17. The van der Waals surface area contributed by atoms with Crippen LogP contribution in [0.2, 0.25) is 0 Å². The standard InChI is InChI=1S/C21H40O4/c1-19(17-18-21(23)25-3)15-13-11-9-7-5-4-6-8-10-12-14-16-20(22)24-2/h19H,4-18H2,1-3H3. The smallest absolute Gasteiger partial charge is 0.305 e. The number of hydrogen-bond acceptors (Lipinski definition) is 4. The van der Waals surface area contributed by atoms with E-state index in [1.165, 1.54) is 78.4 Å². The second-order valence-electron chi connectivity index (χ2n) is 7.22. The molecule has 0 spiro atoms. The van der Waals surface area contributed by atoms with Crippen LogP contribution in [0.1, 0.15) is 103 Å². The third-order valence-electron chi connectivity index (χ3n) is 4.87. The van der Waals surface area contributed by atoms with Gasteiger partial charge in [0.1, 0.15) is 0 Å². The molecular formula is C21H40O4. The Morgan fingerprint density at radius 3 is 1.48 bits per heavy atom. The summed E-state index contributed by atoms with van der Waals surface area (Å²) in [5, 5.41) is 0. The van der Waals surface area contributed by atoms with Crippen LogP contribution in [0.4, 0.5) is 0 Å². The Hall–Kier alpha value is -1.06. The fourth-order valence-electron chi connectivity index (χ4n) is 3.07. The first-order valence-electron chi connectivity index (χ1n) is 10.2. The van der Waals surface area contributed by atoms with E-state index in [0.717, 1.165) is 19.3 Å². The molecule has 0 saturated carbocycles. The molecule has 4 nitrogen and oxygen atoms in total. The molecule has 0 amide bonds. The molecule has 4 heteroatoms. The summed E-state index contributed by atoms with van der Waals surface area (Å²) in [7, 11) is 2.91. The molecule has 0 fully saturated rings. The van der Waals surface area contributed by atoms with Gasteiger partial charge in [0.25, 0.3) is 0 Å². The Kier molecular flexibility index (Phi) is 17.0. The number of hydrogen-bond donors (Lipinski definition) is 0. The Bertz CT molecular complexity index is 328. The van der Waals surface area contributed by atoms with Crippen molar-refractivity contribution in [2.45, 2.75) is 103 Å². The average Bonchev–Trinajstić information content (AvgIpc) is 2.62. The summed E-state index contributed by atoms with van der Waals surface area (Å²) in [6, 6.07) is 0. The number of esters is 2. The summed E-state index contributed by atoms with van der Waals surface area (Å²) in [4.78, 5) is 22.1. The average molecular weight is 357 g/mol. The van der Waals surface area contributed by atoms with E-state index in [4.69, 9.17) is 0 Å². The maximum absolute atomic E-state index is 11.1. The normalized spacial score (nSPS) is 12.0. The Balaban J connectivity index is 3.18. The topological polar surface area (TPSA) is 52.6 Å². The molecular weight excluding hydrogens is 316 g/mol. The van der Waals surface area contributed by atoms with Crippen LogP contribution in [0.3, 0.4) is 0 Å². The highest BCUT2D eigenvalue weighted by Gasteiger charge is 2.06. The van der Waals surface area contributed by atoms with Gasteiger partial charge in [0.2, 0.25) is 0 Å². The van der Waals surface area contributed by atoms with Gasteiger partial charge in [0.05, 0.1) is 14.2 Å². The van der Waals surface area contributed by atoms with Gasteiger partial charge in [-0.3, -0.25) is 9.59 Å². The minimum absolute atomic E-state index is 0.0853. The molecule has 0 aromatic heterocycles. The van der Waals surface area contributed by atoms with E-state index in [9.17, 15) is 9.59 Å². The van der Waals surface area contributed by atoms with Crippen molar-refractivity contribution in [3.8, 4) is 0 Å². The van der Waals surface area contributed by atoms with Gasteiger partial charge in [-0.1, -0.05) is 77.6 Å². The predicted octanol–water partition coefficient (Wildman–Crippen LogP) is 5.82. The van der Waals surface area contributed by atoms with Crippen molar-refractivity contribution in [1.29, 1.82) is 0 Å². The summed E-state index contributed by atoms with van der Waals surface area (Å²) in [6.45, 7) is 2.23. The predicted molar refractivity (Wildman–Crippen MR) is 102 cm³/mol. The highest BCUT2D eigenvalue weighted by Crippen LogP contribution is 2.17. The molecule has 0 aliphatic rings. The number of carbonyl (C=O) groups is 2. The van der Waals surface area contributed by atoms with Crippen LogP contribution in [-0.2, 0) is 19.1 Å². The number of carbonyl (C=O) groups excluding carboxylic acids is 2. The molecule has 0 aromatic carbocycles. The number of unbranched alkanes of at least 4 members (excludes halogenated alkanes) is 10. The zero-order chi connectivity index (χ0) is 18.8. The van der Waals surface area contributed by atoms with Crippen LogP contribution in [0.25, 0.3) is 0 Å². The van der Waals surface area contributed by atoms with Gasteiger partial charge in [-0.15, -0.1) is 0 Å². The minimum Gasteiger partial charge on any atom is -0.469 e. The van der Waals surface area contributed by atoms with E-state index in [2.05, 4.69) is 16.4 Å². The lowest BCUT2D eigenvalue weighted by Crippen LogP contribution is -2.04. The maximum Gasteiger partial charge on any atom is 0.305 e. The first-order valence-corrected chi connectivity index (χ1v) is 10.2. The van der Waals surface area contributed by atoms with Crippen molar-refractivity contribution < 1.29 is 19.1 Å². The molecule has 1 unspecified atom stereocenters. The summed E-state index contributed by atoms with van der Waals surface area (Å²) in [6.07, 6.45) is 17.2. The van der Waals surface area contributed by atoms with Gasteiger partial charge in [-0.2, -0.15) is 0 Å². The van der Waals surface area contributed by atoms with Crippen LogP contribution in [0.5, 0.6) is 0 Å². The Morgan fingerprint density at radius 1 is 0.600 bits per heavy atom. The first kappa shape index (κ1) is 23.9. The monoisotopic (exact) mass is 356 g/mol. The first-order chi connectivity index (χ1) is 12.1. The fraction of sp³-hybridized carbons (Fsp3) is 0.905. The molecule has 148 valence electrons. The molecule has 0 aliphatic carbocycles. The second kappa shape index (κ2) is 17.8. The van der Waals surface area contributed by atoms with Gasteiger partial charge in [0.15, 0.2) is 0 Å². The lowest BCUT2D eigenvalue weighted by atomic mass is 9.97. The van der Waals surface area contributed by atoms with E-state index in [-0.39, 0.29) is 11.9 Å². The molecule has 0 radical (unpaired) electrons. The maximum atomic E-state index is 11.1. The number of methoxy groups -OCH3 is 2. The van der Waals surface area contributed by atoms with Gasteiger partial charge >= 0.3 is 11.9 Å². The van der Waals surface area contributed by atoms with Crippen molar-refractivity contribution in [2.24, 2.45) is 5.92 Å². The highest BCUT2D eigenvalue weighted by molar-refractivity contribution is 5.69. The summed E-state index contributed by atoms with van der Waals surface area (Å²) < 4.78 is 9.31. The quantitative estimate of drug-likeness (QED) is 0.243. The lowest BCUT2D eigenvalue weighted by Gasteiger charge is -2.10. The van der Waals surface area contributed by atoms with E-state index >= 15 is 0 Å². The molecule has 1 atom stereocenters. The zero-order valence-electron chi connectivity index (χ0n) is 16.8. The number of ether oxygens (including phenoxy) is 2. The molecule has 0 heterocycles. The van der Waals surface area contributed by atoms with Gasteiger partial charge in [-0.25, -0.2) is 0 Å². The van der Waals surface area contributed by atoms with E-state index in [0.29, 0.717) is 18.8 Å². The SMILES string of the molecule is COC(=O)CCCCCCCCCCCCCC(C)CCC(=O)OC. The van der Waals surface area contributed by atoms with Crippen molar-refractivity contribution in [1.82, 2.24) is 0 Å². The van der Waals surface area contributed by atoms with Crippen molar-refractivity contribution in [2.75, 3.05) is 14.2 Å². The Labute approximate surface area is 155 Å². The zero-order valence-corrected chi connectivity index (χ0v) is 16.8. The van der Waals surface area contributed by atoms with Crippen LogP contribution < -0.4 is 0 Å². The highest BCUT2D eigenvalue weighted by atomic mass is 16.5. The Morgan fingerprint density at radius 2 is 1.00 bits per heavy atom. The molecule has 0 rings (SSSR count). The third-order valence-corrected chi connectivity index (χ3v) is 4.87. The van der Waals surface area contributed by atoms with Crippen LogP contribution in [-0.4, -0.2) is 26.2 Å². The summed E-state index contributed by atoms with van der Waals surface area (Å²) in [5.74, 6) is 0.450. The minimum atomic E-state index is -0.0877. The van der Waals surface area contributed by atoms with Crippen molar-refractivity contribution >= 4 is 11.9 Å². The molecule has 25 heavy (non-hydrogen) atoms. The molecule has 0 bridgehead atoms. The van der Waals surface area contributed by atoms with Gasteiger partial charge in [0, 0.05) is 12.8 Å². The third kappa shape index (κ3) is 17.6. The largest absolute Gasteiger partial charge is 0.469 e. The van der Waals surface area contributed by atoms with E-state index in [1.54, 1.807) is 0 Å². The lowest BCUT2D eigenvalue weighted by molar-refractivity contribution is -0.141. The molecule has 0 saturated heterocycles. The molecule has 0 aliphatic heterocycles. The molecule has 0 aromatic rings. The second-order valence-corrected chi connectivity index (χ2v) is 7.22. The van der Waals surface area contributed by atoms with Gasteiger partial charge < -0.3 is 9.47 Å². The van der Waals surface area contributed by atoms with Crippen LogP contribution in [0.15, 0.2) is 0 Å². The molecule has 0 N–H and O–H groups in total. The fourth-order valence-corrected chi connectivity index (χ4v) is 3.07. The van der Waals surface area contributed by atoms with Crippen molar-refractivity contribution in [3.63, 3.8) is 0 Å². The van der Waals surface area contributed by atoms with Crippen molar-refractivity contribution in [3.05, 3.63) is 0 Å². The van der Waals surface area contributed by atoms with E-state index < -0.39 is 0 Å². The summed E-state index contributed by atoms with van der Waals surface area (Å²) >= 11 is 0.